The number of carbonyl (C=O) groups is 1. The molecule has 53 heavy (non-hydrogen) atoms. The van der Waals surface area contributed by atoms with Gasteiger partial charge in [0.15, 0.2) is 0 Å². The van der Waals surface area contributed by atoms with Crippen molar-refractivity contribution in [2.24, 2.45) is 5.73 Å². The predicted octanol–water partition coefficient (Wildman–Crippen LogP) is 12.6. The Morgan fingerprint density at radius 2 is 1.04 bits per heavy atom. The normalized spacial score (nSPS) is 14.3. The summed E-state index contributed by atoms with van der Waals surface area (Å²) in [6, 6.07) is -0.774. The fourth-order valence-electron chi connectivity index (χ4n) is 6.64. The molecule has 0 bridgehead atoms. The van der Waals surface area contributed by atoms with Gasteiger partial charge < -0.3 is 21.1 Å². The molecule has 0 aromatic rings. The molecule has 3 atom stereocenters. The maximum Gasteiger partial charge on any atom is 0.472 e. The SMILES string of the molecule is CCCCC/C=C\C/C=C\CCCCCCCCCCCC(=O)NC(COP(=O)(O)OCCN)C(O)CCCCCCCCCCCCCCCCC. The zero-order chi connectivity index (χ0) is 38.9. The fraction of sp³-hybridized carbons (Fsp3) is 0.886. The van der Waals surface area contributed by atoms with Crippen LogP contribution in [-0.2, 0) is 18.4 Å². The number of amides is 1. The van der Waals surface area contributed by atoms with Crippen LogP contribution in [0.25, 0.3) is 0 Å². The molecule has 0 aliphatic carbocycles. The topological polar surface area (TPSA) is 131 Å². The molecule has 1 amide bonds. The molecular weight excluding hydrogens is 683 g/mol. The molecule has 0 spiro atoms. The Morgan fingerprint density at radius 3 is 1.53 bits per heavy atom. The third-order valence-corrected chi connectivity index (χ3v) is 11.0. The van der Waals surface area contributed by atoms with Crippen molar-refractivity contribution in [2.45, 2.75) is 231 Å². The molecular formula is C44H87N2O6P. The summed E-state index contributed by atoms with van der Waals surface area (Å²) in [6.07, 6.45) is 46.1. The van der Waals surface area contributed by atoms with Gasteiger partial charge in [-0.2, -0.15) is 0 Å². The summed E-state index contributed by atoms with van der Waals surface area (Å²) in [5.41, 5.74) is 5.38. The Kier molecular flexibility index (Phi) is 39.9. The van der Waals surface area contributed by atoms with E-state index in [1.54, 1.807) is 0 Å². The summed E-state index contributed by atoms with van der Waals surface area (Å²) in [6.45, 7) is 4.19. The highest BCUT2D eigenvalue weighted by atomic mass is 31.2. The summed E-state index contributed by atoms with van der Waals surface area (Å²) in [5.74, 6) is -0.165. The summed E-state index contributed by atoms with van der Waals surface area (Å²) in [7, 11) is -4.31. The van der Waals surface area contributed by atoms with Gasteiger partial charge in [-0.25, -0.2) is 4.57 Å². The van der Waals surface area contributed by atoms with E-state index in [0.717, 1.165) is 44.9 Å². The number of nitrogens with two attached hydrogens (primary N) is 1. The molecule has 314 valence electrons. The maximum atomic E-state index is 12.8. The monoisotopic (exact) mass is 771 g/mol. The Morgan fingerprint density at radius 1 is 0.623 bits per heavy atom. The second-order valence-electron chi connectivity index (χ2n) is 15.3. The Balaban J connectivity index is 4.13. The first-order chi connectivity index (χ1) is 25.9. The lowest BCUT2D eigenvalue weighted by atomic mass is 10.0. The number of rotatable bonds is 42. The van der Waals surface area contributed by atoms with E-state index in [0.29, 0.717) is 12.8 Å². The molecule has 0 heterocycles. The lowest BCUT2D eigenvalue weighted by molar-refractivity contribution is -0.123. The van der Waals surface area contributed by atoms with Gasteiger partial charge in [0.05, 0.1) is 25.4 Å². The molecule has 0 rings (SSSR count). The van der Waals surface area contributed by atoms with Gasteiger partial charge in [0.2, 0.25) is 5.91 Å². The molecule has 5 N–H and O–H groups in total. The number of aliphatic hydroxyl groups excluding tert-OH is 1. The van der Waals surface area contributed by atoms with Crippen LogP contribution >= 0.6 is 7.82 Å². The highest BCUT2D eigenvalue weighted by Gasteiger charge is 2.27. The fourth-order valence-corrected chi connectivity index (χ4v) is 7.40. The van der Waals surface area contributed by atoms with E-state index >= 15 is 0 Å². The first kappa shape index (κ1) is 52.0. The third-order valence-electron chi connectivity index (χ3n) is 10.1. The molecule has 0 saturated heterocycles. The number of allylic oxidation sites excluding steroid dienone is 4. The van der Waals surface area contributed by atoms with E-state index in [9.17, 15) is 19.4 Å². The molecule has 0 aliphatic rings. The maximum absolute atomic E-state index is 12.8. The average Bonchev–Trinajstić information content (AvgIpc) is 3.14. The van der Waals surface area contributed by atoms with Crippen LogP contribution in [0.15, 0.2) is 24.3 Å². The molecule has 8 nitrogen and oxygen atoms in total. The molecule has 0 radical (unpaired) electrons. The predicted molar refractivity (Wildman–Crippen MR) is 226 cm³/mol. The smallest absolute Gasteiger partial charge is 0.391 e. The molecule has 9 heteroatoms. The largest absolute Gasteiger partial charge is 0.472 e. The number of aliphatic hydroxyl groups is 1. The van der Waals surface area contributed by atoms with Crippen molar-refractivity contribution in [3.63, 3.8) is 0 Å². The number of phosphoric acid groups is 1. The van der Waals surface area contributed by atoms with Crippen LogP contribution in [0.1, 0.15) is 219 Å². The van der Waals surface area contributed by atoms with Crippen molar-refractivity contribution < 1.29 is 28.4 Å². The van der Waals surface area contributed by atoms with Gasteiger partial charge in [0.1, 0.15) is 0 Å². The highest BCUT2D eigenvalue weighted by molar-refractivity contribution is 7.47. The molecule has 3 unspecified atom stereocenters. The summed E-state index contributed by atoms with van der Waals surface area (Å²) < 4.78 is 22.2. The standard InChI is InChI=1S/C44H87N2O6P/c1-3-5-7-9-11-13-15-17-19-20-21-22-24-26-28-30-32-34-36-38-44(48)46-42(41-52-53(49,50)51-40-39-45)43(47)37-35-33-31-29-27-25-23-18-16-14-12-10-8-6-4-2/h11,13,17,19,42-43,47H,3-10,12,14-16,18,20-41,45H2,1-2H3,(H,46,48)(H,49,50)/b13-11-,19-17-. The van der Waals surface area contributed by atoms with Crippen LogP contribution < -0.4 is 11.1 Å². The highest BCUT2D eigenvalue weighted by Crippen LogP contribution is 2.43. The Hall–Kier alpha value is -1.02. The van der Waals surface area contributed by atoms with Crippen molar-refractivity contribution in [1.82, 2.24) is 5.32 Å². The number of hydrogen-bond donors (Lipinski definition) is 4. The van der Waals surface area contributed by atoms with Crippen LogP contribution in [0.3, 0.4) is 0 Å². The lowest BCUT2D eigenvalue weighted by Crippen LogP contribution is -2.46. The van der Waals surface area contributed by atoms with Crippen molar-refractivity contribution in [2.75, 3.05) is 19.8 Å². The molecule has 0 aromatic heterocycles. The van der Waals surface area contributed by atoms with E-state index in [2.05, 4.69) is 43.5 Å². The minimum Gasteiger partial charge on any atom is -0.391 e. The van der Waals surface area contributed by atoms with Crippen LogP contribution in [0, 0.1) is 0 Å². The van der Waals surface area contributed by atoms with Crippen molar-refractivity contribution in [3.8, 4) is 0 Å². The van der Waals surface area contributed by atoms with E-state index in [1.807, 2.05) is 0 Å². The van der Waals surface area contributed by atoms with Gasteiger partial charge in [-0.3, -0.25) is 13.8 Å². The van der Waals surface area contributed by atoms with Crippen LogP contribution in [-0.4, -0.2) is 47.8 Å². The number of hydrogen-bond acceptors (Lipinski definition) is 6. The van der Waals surface area contributed by atoms with Gasteiger partial charge in [0.25, 0.3) is 0 Å². The van der Waals surface area contributed by atoms with Crippen LogP contribution in [0.2, 0.25) is 0 Å². The number of carbonyl (C=O) groups excluding carboxylic acids is 1. The Labute approximate surface area is 327 Å². The van der Waals surface area contributed by atoms with Crippen LogP contribution in [0.5, 0.6) is 0 Å². The molecule has 0 fully saturated rings. The van der Waals surface area contributed by atoms with E-state index in [-0.39, 0.29) is 25.7 Å². The molecule has 0 saturated carbocycles. The molecule has 0 aromatic carbocycles. The first-order valence-corrected chi connectivity index (χ1v) is 23.9. The minimum atomic E-state index is -4.31. The van der Waals surface area contributed by atoms with Crippen molar-refractivity contribution in [3.05, 3.63) is 24.3 Å². The van der Waals surface area contributed by atoms with E-state index in [4.69, 9.17) is 14.8 Å². The number of nitrogens with one attached hydrogen (secondary N) is 1. The second kappa shape index (κ2) is 40.6. The van der Waals surface area contributed by atoms with E-state index in [1.165, 1.54) is 148 Å². The van der Waals surface area contributed by atoms with E-state index < -0.39 is 20.0 Å². The van der Waals surface area contributed by atoms with Gasteiger partial charge in [-0.05, 0) is 44.9 Å². The average molecular weight is 771 g/mol. The number of unbranched alkanes of at least 4 members (excludes halogenated alkanes) is 26. The zero-order valence-electron chi connectivity index (χ0n) is 34.8. The lowest BCUT2D eigenvalue weighted by Gasteiger charge is -2.25. The van der Waals surface area contributed by atoms with Gasteiger partial charge in [0, 0.05) is 13.0 Å². The summed E-state index contributed by atoms with van der Waals surface area (Å²) in [4.78, 5) is 22.7. The molecule has 0 aliphatic heterocycles. The van der Waals surface area contributed by atoms with Crippen molar-refractivity contribution in [1.29, 1.82) is 0 Å². The summed E-state index contributed by atoms with van der Waals surface area (Å²) >= 11 is 0. The van der Waals surface area contributed by atoms with Crippen molar-refractivity contribution >= 4 is 13.7 Å². The van der Waals surface area contributed by atoms with Gasteiger partial charge in [-0.1, -0.05) is 192 Å². The minimum absolute atomic E-state index is 0.0888. The third kappa shape index (κ3) is 39.0. The van der Waals surface area contributed by atoms with Gasteiger partial charge >= 0.3 is 7.82 Å². The zero-order valence-corrected chi connectivity index (χ0v) is 35.7. The Bertz CT molecular complexity index is 886. The quantitative estimate of drug-likeness (QED) is 0.0276. The van der Waals surface area contributed by atoms with Gasteiger partial charge in [-0.15, -0.1) is 0 Å². The number of phosphoric ester groups is 1. The summed E-state index contributed by atoms with van der Waals surface area (Å²) in [5, 5.41) is 13.8. The first-order valence-electron chi connectivity index (χ1n) is 22.5. The van der Waals surface area contributed by atoms with Crippen LogP contribution in [0.4, 0.5) is 0 Å². The second-order valence-corrected chi connectivity index (χ2v) is 16.7.